The number of fused-ring (bicyclic) bond motifs is 1. The number of hydrogen-bond acceptors (Lipinski definition) is 7. The predicted molar refractivity (Wildman–Crippen MR) is 172 cm³/mol. The Bertz CT molecular complexity index is 1860. The lowest BCUT2D eigenvalue weighted by Gasteiger charge is -2.30. The zero-order chi connectivity index (χ0) is 29.3. The van der Waals surface area contributed by atoms with Gasteiger partial charge in [0.25, 0.3) is 15.9 Å². The van der Waals surface area contributed by atoms with Crippen molar-refractivity contribution in [1.29, 1.82) is 0 Å². The van der Waals surface area contributed by atoms with Crippen LogP contribution in [0, 0.1) is 0 Å². The van der Waals surface area contributed by atoms with Gasteiger partial charge >= 0.3 is 0 Å². The van der Waals surface area contributed by atoms with Crippen LogP contribution in [0.1, 0.15) is 36.0 Å². The minimum Gasteiger partial charge on any atom is -0.399 e. The van der Waals surface area contributed by atoms with Crippen LogP contribution in [0.15, 0.2) is 96.2 Å². The fourth-order valence-corrected chi connectivity index (χ4v) is 6.99. The molecule has 2 atom stereocenters. The van der Waals surface area contributed by atoms with Gasteiger partial charge in [0.15, 0.2) is 0 Å². The van der Waals surface area contributed by atoms with Crippen LogP contribution in [0.2, 0.25) is 5.02 Å². The number of carbonyl (C=O) groups excluding carboxylic acids is 1. The summed E-state index contributed by atoms with van der Waals surface area (Å²) in [6, 6.07) is 22.4. The second kappa shape index (κ2) is 12.6. The first-order chi connectivity index (χ1) is 20.3. The summed E-state index contributed by atoms with van der Waals surface area (Å²) in [5.41, 5.74) is 8.45. The number of nitrogens with two attached hydrogens (primary N) is 1. The third-order valence-electron chi connectivity index (χ3n) is 7.49. The lowest BCUT2D eigenvalue weighted by atomic mass is 9.91. The first-order valence-corrected chi connectivity index (χ1v) is 15.5. The topological polar surface area (TPSA) is 132 Å². The average molecular weight is 638 g/mol. The molecule has 0 spiro atoms. The van der Waals surface area contributed by atoms with Gasteiger partial charge in [-0.05, 0) is 68.1 Å². The summed E-state index contributed by atoms with van der Waals surface area (Å²) in [5.74, 6) is 0.250. The zero-order valence-electron chi connectivity index (χ0n) is 23.0. The number of amides is 1. The molecule has 0 aliphatic heterocycles. The Kier molecular flexibility index (Phi) is 8.91. The Morgan fingerprint density at radius 3 is 2.42 bits per heavy atom. The smallest absolute Gasteiger partial charge is 0.268 e. The number of benzene rings is 3. The van der Waals surface area contributed by atoms with Crippen molar-refractivity contribution in [2.45, 2.75) is 42.7 Å². The van der Waals surface area contributed by atoms with E-state index in [4.69, 9.17) is 22.3 Å². The number of rotatable bonds is 7. The molecular formula is C31H30Cl2N6O3S. The number of anilines is 2. The Morgan fingerprint density at radius 1 is 0.953 bits per heavy atom. The fraction of sp³-hybridized carbons (Fsp3) is 0.194. The second-order valence-electron chi connectivity index (χ2n) is 10.4. The van der Waals surface area contributed by atoms with Crippen molar-refractivity contribution in [3.05, 3.63) is 102 Å². The number of carbonyl (C=O) groups is 1. The van der Waals surface area contributed by atoms with E-state index in [1.54, 1.807) is 72.9 Å². The molecular weight excluding hydrogens is 607 g/mol. The molecule has 9 nitrogen and oxygen atoms in total. The third-order valence-corrected chi connectivity index (χ3v) is 9.46. The molecule has 5 aromatic rings. The molecule has 43 heavy (non-hydrogen) atoms. The number of nitrogens with zero attached hydrogens (tertiary/aromatic N) is 3. The third kappa shape index (κ3) is 6.31. The van der Waals surface area contributed by atoms with Gasteiger partial charge in [-0.1, -0.05) is 48.0 Å². The Labute approximate surface area is 261 Å². The maximum atomic E-state index is 13.6. The van der Waals surface area contributed by atoms with Crippen molar-refractivity contribution in [2.75, 3.05) is 11.1 Å². The van der Waals surface area contributed by atoms with Gasteiger partial charge in [-0.25, -0.2) is 22.4 Å². The molecule has 4 N–H and O–H groups in total. The summed E-state index contributed by atoms with van der Waals surface area (Å²) < 4.78 is 28.4. The maximum absolute atomic E-state index is 13.6. The monoisotopic (exact) mass is 636 g/mol. The molecule has 0 unspecified atom stereocenters. The molecule has 2 aromatic heterocycles. The van der Waals surface area contributed by atoms with Crippen molar-refractivity contribution < 1.29 is 13.2 Å². The van der Waals surface area contributed by atoms with Crippen LogP contribution in [0.3, 0.4) is 0 Å². The van der Waals surface area contributed by atoms with Crippen molar-refractivity contribution >= 4 is 62.5 Å². The molecule has 0 radical (unpaired) electrons. The van der Waals surface area contributed by atoms with E-state index in [1.165, 1.54) is 10.2 Å². The van der Waals surface area contributed by atoms with E-state index in [9.17, 15) is 13.2 Å². The quantitative estimate of drug-likeness (QED) is 0.183. The van der Waals surface area contributed by atoms with Crippen LogP contribution in [-0.2, 0) is 10.0 Å². The highest BCUT2D eigenvalue weighted by Crippen LogP contribution is 2.36. The van der Waals surface area contributed by atoms with Gasteiger partial charge in [0.05, 0.1) is 27.3 Å². The van der Waals surface area contributed by atoms with Gasteiger partial charge in [0, 0.05) is 40.5 Å². The molecule has 1 amide bonds. The van der Waals surface area contributed by atoms with Crippen LogP contribution in [0.5, 0.6) is 0 Å². The number of aromatic nitrogens is 3. The Morgan fingerprint density at radius 2 is 1.65 bits per heavy atom. The molecule has 1 aliphatic rings. The summed E-state index contributed by atoms with van der Waals surface area (Å²) in [6.45, 7) is 0. The van der Waals surface area contributed by atoms with E-state index in [2.05, 4.69) is 15.6 Å². The lowest BCUT2D eigenvalue weighted by molar-refractivity contribution is 0.0926. The Hall–Kier alpha value is -4.12. The highest BCUT2D eigenvalue weighted by Gasteiger charge is 2.26. The molecule has 2 heterocycles. The first-order valence-electron chi connectivity index (χ1n) is 13.7. The van der Waals surface area contributed by atoms with Gasteiger partial charge < -0.3 is 16.4 Å². The minimum atomic E-state index is -3.86. The molecule has 3 aromatic carbocycles. The van der Waals surface area contributed by atoms with Crippen molar-refractivity contribution in [3.8, 4) is 11.3 Å². The second-order valence-corrected chi connectivity index (χ2v) is 12.6. The summed E-state index contributed by atoms with van der Waals surface area (Å²) in [5, 5.41) is 7.54. The van der Waals surface area contributed by atoms with Gasteiger partial charge in [-0.3, -0.25) is 4.79 Å². The van der Waals surface area contributed by atoms with E-state index >= 15 is 0 Å². The van der Waals surface area contributed by atoms with Crippen LogP contribution >= 0.6 is 24.0 Å². The van der Waals surface area contributed by atoms with E-state index in [0.29, 0.717) is 50.8 Å². The number of nitrogens with one attached hydrogen (secondary N) is 2. The van der Waals surface area contributed by atoms with Crippen molar-refractivity contribution in [2.24, 2.45) is 0 Å². The normalized spacial score (nSPS) is 16.8. The molecule has 1 fully saturated rings. The number of hydrogen-bond donors (Lipinski definition) is 3. The van der Waals surface area contributed by atoms with Crippen LogP contribution in [-0.4, -0.2) is 40.3 Å². The summed E-state index contributed by atoms with van der Waals surface area (Å²) in [7, 11) is -3.86. The van der Waals surface area contributed by atoms with E-state index in [0.717, 1.165) is 19.3 Å². The molecule has 6 rings (SSSR count). The van der Waals surface area contributed by atoms with Gasteiger partial charge in [0.2, 0.25) is 5.95 Å². The van der Waals surface area contributed by atoms with E-state index in [1.807, 2.05) is 12.1 Å². The molecule has 12 heteroatoms. The largest absolute Gasteiger partial charge is 0.399 e. The van der Waals surface area contributed by atoms with E-state index in [-0.39, 0.29) is 35.3 Å². The summed E-state index contributed by atoms with van der Waals surface area (Å²) in [4.78, 5) is 22.1. The molecule has 1 saturated carbocycles. The highest BCUT2D eigenvalue weighted by molar-refractivity contribution is 7.90. The fourth-order valence-electron chi connectivity index (χ4n) is 5.41. The minimum absolute atomic E-state index is 0. The molecule has 0 bridgehead atoms. The number of para-hydroxylation sites is 1. The highest BCUT2D eigenvalue weighted by atomic mass is 35.5. The standard InChI is InChI=1S/C31H29ClN6O3S.ClH/c32-27-18-34-31(36-23-8-6-7-22(17-23)35-30(39)20-13-15-21(33)16-14-20)37-29(27)26-19-38(28-12-5-4-11-25(26)28)42(40,41)24-9-2-1-3-10-24;/h1-5,9-16,18-19,22-23H,6-8,17,33H2,(H,35,39)(H,34,36,37);1H/t22-,23+;/m0./s1. The van der Waals surface area contributed by atoms with Crippen molar-refractivity contribution in [3.63, 3.8) is 0 Å². The maximum Gasteiger partial charge on any atom is 0.268 e. The average Bonchev–Trinajstić information content (AvgIpc) is 3.39. The molecule has 0 saturated heterocycles. The lowest BCUT2D eigenvalue weighted by Crippen LogP contribution is -2.42. The molecule has 1 aliphatic carbocycles. The van der Waals surface area contributed by atoms with Crippen LogP contribution in [0.25, 0.3) is 22.2 Å². The number of halogens is 2. The molecule has 222 valence electrons. The SMILES string of the molecule is Cl.Nc1ccc(C(=O)N[C@H]2CCC[C@@H](Nc3ncc(Cl)c(-c4cn(S(=O)(=O)c5ccccc5)c5ccccc45)n3)C2)cc1. The van der Waals surface area contributed by atoms with E-state index < -0.39 is 10.0 Å². The van der Waals surface area contributed by atoms with Gasteiger partial charge in [0.1, 0.15) is 0 Å². The predicted octanol–water partition coefficient (Wildman–Crippen LogP) is 6.15. The first kappa shape index (κ1) is 30.3. The van der Waals surface area contributed by atoms with Crippen molar-refractivity contribution in [1.82, 2.24) is 19.3 Å². The van der Waals surface area contributed by atoms with Gasteiger partial charge in [-0.2, -0.15) is 0 Å². The zero-order valence-corrected chi connectivity index (χ0v) is 25.4. The number of nitrogen functional groups attached to an aromatic ring is 1. The Balaban J connectivity index is 0.00000368. The summed E-state index contributed by atoms with van der Waals surface area (Å²) in [6.07, 6.45) is 6.49. The van der Waals surface area contributed by atoms with Crippen LogP contribution in [0.4, 0.5) is 11.6 Å². The van der Waals surface area contributed by atoms with Crippen LogP contribution < -0.4 is 16.4 Å². The summed E-state index contributed by atoms with van der Waals surface area (Å²) >= 11 is 6.60. The van der Waals surface area contributed by atoms with Gasteiger partial charge in [-0.15, -0.1) is 12.4 Å².